The predicted molar refractivity (Wildman–Crippen MR) is 79.6 cm³/mol. The molecule has 1 heterocycles. The maximum absolute atomic E-state index is 11.7. The van der Waals surface area contributed by atoms with Crippen molar-refractivity contribution in [2.24, 2.45) is 5.73 Å². The third kappa shape index (κ3) is 2.53. The summed E-state index contributed by atoms with van der Waals surface area (Å²) >= 11 is 0. The molecule has 0 bridgehead atoms. The third-order valence-corrected chi connectivity index (χ3v) is 4.92. The van der Waals surface area contributed by atoms with Crippen molar-refractivity contribution < 1.29 is 14.3 Å². The summed E-state index contributed by atoms with van der Waals surface area (Å²) in [5, 5.41) is 0.849. The number of rotatable bonds is 1. The second kappa shape index (κ2) is 5.41. The summed E-state index contributed by atoms with van der Waals surface area (Å²) in [5.74, 6) is -1.18. The summed E-state index contributed by atoms with van der Waals surface area (Å²) < 4.78 is 9.22. The molecule has 106 valence electrons. The normalized spacial score (nSPS) is 15.5. The lowest BCUT2D eigenvalue weighted by atomic mass is 10.3. The Kier molecular flexibility index (Phi) is 3.45. The maximum atomic E-state index is 11.7. The van der Waals surface area contributed by atoms with Gasteiger partial charge in [-0.15, -0.1) is 0 Å². The monoisotopic (exact) mass is 300 g/mol. The number of nitrogens with one attached hydrogen (secondary N) is 1. The maximum Gasteiger partial charge on any atom is 0.318 e. The van der Waals surface area contributed by atoms with Crippen LogP contribution in [-0.4, -0.2) is 11.8 Å². The average molecular weight is 300 g/mol. The SMILES string of the molecule is NC(=O)C(=O)NS1=c2ccccc2=COc2ccccc21. The summed E-state index contributed by atoms with van der Waals surface area (Å²) in [5.41, 5.74) is 5.05. The molecule has 3 rings (SSSR count). The number of nitrogens with two attached hydrogens (primary N) is 1. The highest BCUT2D eigenvalue weighted by molar-refractivity contribution is 8.08. The summed E-state index contributed by atoms with van der Waals surface area (Å²) in [6.07, 6.45) is 1.64. The van der Waals surface area contributed by atoms with Crippen LogP contribution in [0.5, 0.6) is 5.75 Å². The van der Waals surface area contributed by atoms with Crippen molar-refractivity contribution >= 4 is 28.7 Å². The number of hydrogen-bond donors (Lipinski definition) is 2. The van der Waals surface area contributed by atoms with Crippen LogP contribution in [0.3, 0.4) is 0 Å². The highest BCUT2D eigenvalue weighted by Crippen LogP contribution is 2.35. The van der Waals surface area contributed by atoms with E-state index in [9.17, 15) is 9.59 Å². The number of benzene rings is 2. The first-order valence-corrected chi connectivity index (χ1v) is 7.42. The fraction of sp³-hybridized carbons (Fsp3) is 0. The van der Waals surface area contributed by atoms with Crippen molar-refractivity contribution in [1.82, 2.24) is 4.72 Å². The van der Waals surface area contributed by atoms with Gasteiger partial charge in [0.05, 0.1) is 11.2 Å². The molecule has 2 aromatic carbocycles. The number of hydrogen-bond acceptors (Lipinski definition) is 3. The Morgan fingerprint density at radius 3 is 2.57 bits per heavy atom. The van der Waals surface area contributed by atoms with E-state index in [0.29, 0.717) is 5.75 Å². The Balaban J connectivity index is 2.30. The second-order valence-electron chi connectivity index (χ2n) is 4.32. The number of carbonyl (C=O) groups is 2. The Bertz CT molecular complexity index is 861. The van der Waals surface area contributed by atoms with E-state index >= 15 is 0 Å². The van der Waals surface area contributed by atoms with Gasteiger partial charge in [0.1, 0.15) is 5.75 Å². The van der Waals surface area contributed by atoms with Crippen LogP contribution in [0, 0.1) is 4.51 Å². The van der Waals surface area contributed by atoms with E-state index in [1.807, 2.05) is 48.5 Å². The van der Waals surface area contributed by atoms with Gasteiger partial charge >= 0.3 is 11.8 Å². The van der Waals surface area contributed by atoms with Crippen LogP contribution in [0.2, 0.25) is 0 Å². The molecule has 1 atom stereocenters. The molecule has 1 aliphatic rings. The molecule has 0 saturated heterocycles. The summed E-state index contributed by atoms with van der Waals surface area (Å²) in [6, 6.07) is 14.9. The van der Waals surface area contributed by atoms with Gasteiger partial charge in [0.2, 0.25) is 0 Å². The van der Waals surface area contributed by atoms with Crippen molar-refractivity contribution in [3.8, 4) is 5.75 Å². The van der Waals surface area contributed by atoms with E-state index in [2.05, 4.69) is 4.72 Å². The Morgan fingerprint density at radius 1 is 1.05 bits per heavy atom. The van der Waals surface area contributed by atoms with Crippen molar-refractivity contribution in [1.29, 1.82) is 0 Å². The molecule has 2 aromatic rings. The minimum Gasteiger partial charge on any atom is -0.463 e. The Hall–Kier alpha value is -2.60. The van der Waals surface area contributed by atoms with Crippen LogP contribution in [-0.2, 0) is 9.59 Å². The lowest BCUT2D eigenvalue weighted by Gasteiger charge is -2.12. The molecular weight excluding hydrogens is 288 g/mol. The van der Waals surface area contributed by atoms with E-state index < -0.39 is 22.5 Å². The van der Waals surface area contributed by atoms with Gasteiger partial charge in [-0.1, -0.05) is 30.3 Å². The summed E-state index contributed by atoms with van der Waals surface area (Å²) in [4.78, 5) is 23.6. The van der Waals surface area contributed by atoms with Crippen molar-refractivity contribution in [2.75, 3.05) is 0 Å². The molecule has 0 aliphatic carbocycles. The molecule has 0 spiro atoms. The Labute approximate surface area is 123 Å². The number of primary amides is 1. The molecule has 1 aliphatic heterocycles. The second-order valence-corrected chi connectivity index (χ2v) is 6.02. The lowest BCUT2D eigenvalue weighted by molar-refractivity contribution is -0.136. The van der Waals surface area contributed by atoms with Crippen LogP contribution in [0.25, 0.3) is 6.26 Å². The zero-order valence-corrected chi connectivity index (χ0v) is 11.7. The van der Waals surface area contributed by atoms with Crippen LogP contribution in [0.15, 0.2) is 53.4 Å². The summed E-state index contributed by atoms with van der Waals surface area (Å²) in [7, 11) is -0.819. The molecule has 21 heavy (non-hydrogen) atoms. The number of para-hydroxylation sites is 1. The van der Waals surface area contributed by atoms with Crippen LogP contribution in [0.4, 0.5) is 0 Å². The fourth-order valence-corrected chi connectivity index (χ4v) is 3.82. The molecule has 6 heteroatoms. The largest absolute Gasteiger partial charge is 0.463 e. The van der Waals surface area contributed by atoms with Gasteiger partial charge in [-0.2, -0.15) is 0 Å². The topological polar surface area (TPSA) is 81.4 Å². The number of carbonyl (C=O) groups excluding carboxylic acids is 2. The van der Waals surface area contributed by atoms with Gasteiger partial charge in [-0.05, 0) is 28.9 Å². The molecule has 1 unspecified atom stereocenters. The van der Waals surface area contributed by atoms with E-state index in [1.165, 1.54) is 0 Å². The van der Waals surface area contributed by atoms with E-state index in [4.69, 9.17) is 10.5 Å². The number of fused-ring (bicyclic) bond motifs is 2. The van der Waals surface area contributed by atoms with Gasteiger partial charge in [0.15, 0.2) is 0 Å². The first-order valence-electron chi connectivity index (χ1n) is 6.19. The molecule has 3 N–H and O–H groups in total. The minimum atomic E-state index is -1.01. The number of amides is 2. The van der Waals surface area contributed by atoms with Crippen LogP contribution < -0.4 is 20.4 Å². The van der Waals surface area contributed by atoms with Crippen molar-refractivity contribution in [3.63, 3.8) is 0 Å². The molecule has 2 amide bonds. The van der Waals surface area contributed by atoms with Gasteiger partial charge in [-0.25, -0.2) is 0 Å². The van der Waals surface area contributed by atoms with Gasteiger partial charge in [-0.3, -0.25) is 14.3 Å². The third-order valence-electron chi connectivity index (χ3n) is 2.94. The average Bonchev–Trinajstić information content (AvgIpc) is 2.65. The quantitative estimate of drug-likeness (QED) is 0.607. The minimum absolute atomic E-state index is 0.641. The first-order chi connectivity index (χ1) is 10.2. The molecule has 0 fully saturated rings. The van der Waals surface area contributed by atoms with Crippen molar-refractivity contribution in [2.45, 2.75) is 4.90 Å². The van der Waals surface area contributed by atoms with E-state index in [-0.39, 0.29) is 0 Å². The van der Waals surface area contributed by atoms with E-state index in [0.717, 1.165) is 14.6 Å². The standard InChI is InChI=1S/C15H12N2O3S/c16-14(18)15(19)17-21-12-7-3-1-5-10(12)9-20-11-6-2-4-8-13(11)21/h1-9H,(H2,16,18)(H,17,19). The molecule has 5 nitrogen and oxygen atoms in total. The Morgan fingerprint density at radius 2 is 1.76 bits per heavy atom. The molecule has 0 radical (unpaired) electrons. The van der Waals surface area contributed by atoms with Gasteiger partial charge in [0.25, 0.3) is 0 Å². The molecule has 0 aromatic heterocycles. The smallest absolute Gasteiger partial charge is 0.318 e. The van der Waals surface area contributed by atoms with Crippen molar-refractivity contribution in [3.05, 3.63) is 58.3 Å². The van der Waals surface area contributed by atoms with Crippen LogP contribution >= 0.6 is 10.7 Å². The molecular formula is C15H12N2O3S. The summed E-state index contributed by atoms with van der Waals surface area (Å²) in [6.45, 7) is 0. The zero-order valence-electron chi connectivity index (χ0n) is 10.9. The first kappa shape index (κ1) is 13.4. The van der Waals surface area contributed by atoms with E-state index in [1.54, 1.807) is 6.26 Å². The zero-order chi connectivity index (χ0) is 14.8. The lowest BCUT2D eigenvalue weighted by Crippen LogP contribution is -2.33. The van der Waals surface area contributed by atoms with Crippen LogP contribution in [0.1, 0.15) is 0 Å². The van der Waals surface area contributed by atoms with Gasteiger partial charge in [0, 0.05) is 9.73 Å². The van der Waals surface area contributed by atoms with Gasteiger partial charge < -0.3 is 10.5 Å². The predicted octanol–water partition coefficient (Wildman–Crippen LogP) is 0.912. The molecule has 0 saturated carbocycles. The fourth-order valence-electron chi connectivity index (χ4n) is 1.98. The highest BCUT2D eigenvalue weighted by Gasteiger charge is 2.16. The number of ether oxygens (including phenoxy) is 1. The highest BCUT2D eigenvalue weighted by atomic mass is 32.2.